The van der Waals surface area contributed by atoms with Crippen molar-refractivity contribution in [2.45, 2.75) is 64.1 Å². The number of nitrogens with zero attached hydrogens (tertiary/aromatic N) is 3. The molecule has 9 heteroatoms. The Bertz CT molecular complexity index is 1680. The Morgan fingerprint density at radius 1 is 0.953 bits per heavy atom. The zero-order valence-corrected chi connectivity index (χ0v) is 25.0. The number of rotatable bonds is 6. The summed E-state index contributed by atoms with van der Waals surface area (Å²) in [6.07, 6.45) is 5.84. The number of carbonyl (C=O) groups is 2. The van der Waals surface area contributed by atoms with Crippen LogP contribution in [0.4, 0.5) is 16.2 Å². The number of carboxylic acid groups (broad SMARTS) is 1. The third-order valence-electron chi connectivity index (χ3n) is 9.43. The van der Waals surface area contributed by atoms with Gasteiger partial charge in [-0.05, 0) is 77.3 Å². The van der Waals surface area contributed by atoms with E-state index in [0.29, 0.717) is 17.3 Å². The van der Waals surface area contributed by atoms with Crippen LogP contribution in [0, 0.1) is 11.8 Å². The molecule has 0 radical (unpaired) electrons. The van der Waals surface area contributed by atoms with Crippen molar-refractivity contribution < 1.29 is 14.7 Å². The number of hydrogen-bond donors (Lipinski definition) is 4. The number of carbonyl (C=O) groups excluding carboxylic acids is 1. The zero-order valence-electron chi connectivity index (χ0n) is 25.0. The van der Waals surface area contributed by atoms with Gasteiger partial charge in [0.15, 0.2) is 0 Å². The number of nitrogens with two attached hydrogens (primary N) is 2. The van der Waals surface area contributed by atoms with Crippen LogP contribution in [0.25, 0.3) is 33.2 Å². The summed E-state index contributed by atoms with van der Waals surface area (Å²) in [5.74, 6) is 0.876. The average Bonchev–Trinajstić information content (AvgIpc) is 3.63. The molecule has 1 saturated carbocycles. The van der Waals surface area contributed by atoms with Gasteiger partial charge in [-0.3, -0.25) is 9.69 Å². The molecule has 1 aromatic heterocycles. The number of fused-ring (bicyclic) bond motifs is 2. The summed E-state index contributed by atoms with van der Waals surface area (Å²) >= 11 is 0. The number of aromatic nitrogens is 2. The van der Waals surface area contributed by atoms with Crippen LogP contribution < -0.4 is 11.5 Å². The highest BCUT2D eigenvalue weighted by molar-refractivity contribution is 5.91. The van der Waals surface area contributed by atoms with Crippen LogP contribution in [0.2, 0.25) is 0 Å². The Morgan fingerprint density at radius 3 is 2.30 bits per heavy atom. The highest BCUT2D eigenvalue weighted by atomic mass is 16.4. The summed E-state index contributed by atoms with van der Waals surface area (Å²) in [6, 6.07) is 17.5. The van der Waals surface area contributed by atoms with Crippen molar-refractivity contribution in [1.29, 1.82) is 0 Å². The second-order valence-electron chi connectivity index (χ2n) is 12.5. The van der Waals surface area contributed by atoms with Crippen molar-refractivity contribution in [3.8, 4) is 22.4 Å². The normalized spacial score (nSPS) is 20.7. The molecule has 3 aromatic carbocycles. The largest absolute Gasteiger partial charge is 0.465 e. The zero-order chi connectivity index (χ0) is 30.4. The number of H-pyrrole nitrogens is 1. The Balaban J connectivity index is 1.30. The number of amides is 2. The first-order valence-corrected chi connectivity index (χ1v) is 15.1. The highest BCUT2D eigenvalue weighted by Crippen LogP contribution is 2.46. The number of likely N-dealkylation sites (N-methyl/N-ethyl adjacent to an activating group) is 1. The molecule has 2 heterocycles. The van der Waals surface area contributed by atoms with E-state index < -0.39 is 12.1 Å². The van der Waals surface area contributed by atoms with Gasteiger partial charge in [0.1, 0.15) is 11.9 Å². The van der Waals surface area contributed by atoms with Crippen molar-refractivity contribution in [2.24, 2.45) is 11.8 Å². The van der Waals surface area contributed by atoms with Gasteiger partial charge in [0.2, 0.25) is 5.91 Å². The van der Waals surface area contributed by atoms with Crippen molar-refractivity contribution in [1.82, 2.24) is 19.8 Å². The lowest BCUT2D eigenvalue weighted by atomic mass is 9.84. The van der Waals surface area contributed by atoms with Crippen LogP contribution in [0.5, 0.6) is 0 Å². The summed E-state index contributed by atoms with van der Waals surface area (Å²) in [5.41, 5.74) is 17.0. The summed E-state index contributed by atoms with van der Waals surface area (Å²) in [5, 5.41) is 11.9. The number of aromatic amines is 1. The molecule has 1 aliphatic carbocycles. The Morgan fingerprint density at radius 2 is 1.60 bits per heavy atom. The maximum atomic E-state index is 14.1. The molecule has 4 aromatic rings. The molecule has 224 valence electrons. The predicted molar refractivity (Wildman–Crippen MR) is 170 cm³/mol. The number of hydrogen-bond acceptors (Lipinski definition) is 5. The van der Waals surface area contributed by atoms with Crippen molar-refractivity contribution >= 4 is 34.1 Å². The van der Waals surface area contributed by atoms with Gasteiger partial charge < -0.3 is 26.5 Å². The first-order chi connectivity index (χ1) is 20.6. The number of benzene rings is 3. The molecule has 1 saturated heterocycles. The van der Waals surface area contributed by atoms with Gasteiger partial charge in [-0.2, -0.15) is 0 Å². The fourth-order valence-corrected chi connectivity index (χ4v) is 7.19. The number of likely N-dealkylation sites (tertiary alicyclic amines) is 1. The predicted octanol–water partition coefficient (Wildman–Crippen LogP) is 6.53. The van der Waals surface area contributed by atoms with Crippen LogP contribution in [-0.4, -0.2) is 56.0 Å². The van der Waals surface area contributed by atoms with E-state index >= 15 is 0 Å². The van der Waals surface area contributed by atoms with Crippen LogP contribution in [-0.2, 0) is 4.79 Å². The molecule has 9 nitrogen and oxygen atoms in total. The van der Waals surface area contributed by atoms with E-state index in [0.717, 1.165) is 76.0 Å². The molecule has 1 aliphatic heterocycles. The Kier molecular flexibility index (Phi) is 7.50. The van der Waals surface area contributed by atoms with Crippen LogP contribution >= 0.6 is 0 Å². The average molecular weight is 581 g/mol. The maximum absolute atomic E-state index is 14.1. The van der Waals surface area contributed by atoms with E-state index in [9.17, 15) is 14.7 Å². The van der Waals surface area contributed by atoms with Gasteiger partial charge >= 0.3 is 6.09 Å². The fourth-order valence-electron chi connectivity index (χ4n) is 7.19. The van der Waals surface area contributed by atoms with Gasteiger partial charge in [0, 0.05) is 18.7 Å². The van der Waals surface area contributed by atoms with Crippen molar-refractivity contribution in [3.63, 3.8) is 0 Å². The van der Waals surface area contributed by atoms with E-state index in [-0.39, 0.29) is 23.9 Å². The van der Waals surface area contributed by atoms with E-state index in [2.05, 4.69) is 41.4 Å². The molecule has 0 unspecified atom stereocenters. The molecule has 2 amide bonds. The SMILES string of the molecule is CC(C)[C@@H](C(=O)N1[C@H](c2ncc(-c3ccc4cc(-c5ccc(N)c(N)c5)ccc4c3)[nH]2)C[C@@H]2CCCC[C@@H]21)N(C)C(=O)O. The molecular formula is C34H40N6O3. The number of imidazole rings is 1. The van der Waals surface area contributed by atoms with Gasteiger partial charge in [-0.25, -0.2) is 9.78 Å². The lowest BCUT2D eigenvalue weighted by molar-refractivity contribution is -0.141. The van der Waals surface area contributed by atoms with Gasteiger partial charge in [0.25, 0.3) is 0 Å². The second-order valence-corrected chi connectivity index (χ2v) is 12.5. The molecule has 4 atom stereocenters. The third kappa shape index (κ3) is 5.28. The summed E-state index contributed by atoms with van der Waals surface area (Å²) in [4.78, 5) is 37.5. The highest BCUT2D eigenvalue weighted by Gasteiger charge is 2.49. The van der Waals surface area contributed by atoms with Gasteiger partial charge in [0.05, 0.1) is 29.3 Å². The second kappa shape index (κ2) is 11.3. The van der Waals surface area contributed by atoms with E-state index in [1.807, 2.05) is 43.1 Å². The third-order valence-corrected chi connectivity index (χ3v) is 9.43. The van der Waals surface area contributed by atoms with Crippen molar-refractivity contribution in [3.05, 3.63) is 66.6 Å². The van der Waals surface area contributed by atoms with Crippen LogP contribution in [0.15, 0.2) is 60.8 Å². The molecular weight excluding hydrogens is 540 g/mol. The minimum Gasteiger partial charge on any atom is -0.465 e. The van der Waals surface area contributed by atoms with E-state index in [4.69, 9.17) is 16.5 Å². The molecule has 2 fully saturated rings. The van der Waals surface area contributed by atoms with Gasteiger partial charge in [-0.1, -0.05) is 57.0 Å². The topological polar surface area (TPSA) is 142 Å². The molecule has 6 rings (SSSR count). The van der Waals surface area contributed by atoms with Gasteiger partial charge in [-0.15, -0.1) is 0 Å². The molecule has 2 aliphatic rings. The Hall–Kier alpha value is -4.53. The van der Waals surface area contributed by atoms with Crippen LogP contribution in [0.1, 0.15) is 57.8 Å². The minimum absolute atomic E-state index is 0.106. The first-order valence-electron chi connectivity index (χ1n) is 15.1. The summed E-state index contributed by atoms with van der Waals surface area (Å²) < 4.78 is 0. The smallest absolute Gasteiger partial charge is 0.407 e. The van der Waals surface area contributed by atoms with E-state index in [1.54, 1.807) is 0 Å². The van der Waals surface area contributed by atoms with E-state index in [1.165, 1.54) is 7.05 Å². The lowest BCUT2D eigenvalue weighted by Crippen LogP contribution is -2.54. The molecule has 0 spiro atoms. The minimum atomic E-state index is -1.09. The summed E-state index contributed by atoms with van der Waals surface area (Å²) in [6.45, 7) is 3.81. The summed E-state index contributed by atoms with van der Waals surface area (Å²) in [7, 11) is 1.49. The van der Waals surface area contributed by atoms with Crippen LogP contribution in [0.3, 0.4) is 0 Å². The first kappa shape index (κ1) is 28.6. The standard InChI is InChI=1S/C34H40N6O3/c1-19(2)31(39(3)34(42)43)33(41)40-29-7-5-4-6-25(29)17-30(40)32-37-18-28(38-32)24-11-10-20-14-21(8-9-22(20)15-24)23-12-13-26(35)27(36)16-23/h8-16,18-19,25,29-31H,4-7,17,35-36H2,1-3H3,(H,37,38)(H,42,43)/t25-,29-,30-,31-/m0/s1. The number of anilines is 2. The van der Waals surface area contributed by atoms with Crippen molar-refractivity contribution in [2.75, 3.05) is 18.5 Å². The maximum Gasteiger partial charge on any atom is 0.407 e. The number of nitrogens with one attached hydrogen (secondary N) is 1. The Labute approximate surface area is 251 Å². The molecule has 6 N–H and O–H groups in total. The monoisotopic (exact) mass is 580 g/mol. The molecule has 43 heavy (non-hydrogen) atoms. The molecule has 0 bridgehead atoms. The number of nitrogen functional groups attached to an aromatic ring is 2. The lowest BCUT2D eigenvalue weighted by Gasteiger charge is -2.38. The fraction of sp³-hybridized carbons (Fsp3) is 0.382. The quantitative estimate of drug-likeness (QED) is 0.191.